The smallest absolute Gasteiger partial charge is 0.109 e. The van der Waals surface area contributed by atoms with Gasteiger partial charge in [0, 0.05) is 0 Å². The first-order valence-corrected chi connectivity index (χ1v) is 8.52. The van der Waals surface area contributed by atoms with Crippen LogP contribution in [0, 0.1) is 12.2 Å². The van der Waals surface area contributed by atoms with Crippen molar-refractivity contribution in [3.05, 3.63) is 48.6 Å². The molecule has 0 spiro atoms. The zero-order chi connectivity index (χ0) is 9.07. The van der Waals surface area contributed by atoms with E-state index in [9.17, 15) is 0 Å². The van der Waals surface area contributed by atoms with E-state index < -0.39 is 0 Å². The minimum Gasteiger partial charge on any atom is -0.273 e. The Morgan fingerprint density at radius 3 is 1.42 bits per heavy atom. The molecule has 2 rings (SSSR count). The van der Waals surface area contributed by atoms with Gasteiger partial charge in [-0.3, -0.25) is 12.2 Å². The van der Waals surface area contributed by atoms with Crippen LogP contribution in [0.3, 0.4) is 0 Å². The molecule has 0 N–H and O–H groups in total. The summed E-state index contributed by atoms with van der Waals surface area (Å²) in [6.45, 7) is 0. The first-order chi connectivity index (χ1) is 6.00. The third-order valence-electron chi connectivity index (χ3n) is 1.17. The van der Waals surface area contributed by atoms with E-state index in [-0.39, 0.29) is 0 Å². The molecule has 0 aromatic heterocycles. The molecule has 2 aliphatic carbocycles. The number of allylic oxidation sites excluding steroid dienone is 8. The normalized spacial score (nSPS) is 15.2. The van der Waals surface area contributed by atoms with Gasteiger partial charge in [0.05, 0.1) is 0 Å². The Kier molecular flexibility index (Phi) is 11.2. The molecule has 69 valence electrons. The molecule has 0 nitrogen and oxygen atoms in total. The molecule has 0 bridgehead atoms. The Morgan fingerprint density at radius 2 is 1.33 bits per heavy atom. The van der Waals surface area contributed by atoms with Crippen molar-refractivity contribution in [1.82, 2.24) is 0 Å². The Balaban J connectivity index is 0.000000168. The van der Waals surface area contributed by atoms with Crippen LogP contribution >= 0.6 is 13.3 Å². The van der Waals surface area contributed by atoms with E-state index in [4.69, 9.17) is 0 Å². The number of rotatable bonds is 0. The molecule has 0 fully saturated rings. The Bertz CT molecular complexity index is 148. The maximum absolute atomic E-state index is 2.99. The number of hydrogen-bond acceptors (Lipinski definition) is 0. The summed E-state index contributed by atoms with van der Waals surface area (Å²) in [5, 5.41) is 0. The monoisotopic (exact) mass is 404 g/mol. The van der Waals surface area contributed by atoms with Crippen LogP contribution in [0.1, 0.15) is 12.8 Å². The van der Waals surface area contributed by atoms with Gasteiger partial charge in [-0.2, -0.15) is 12.2 Å². The van der Waals surface area contributed by atoms with Crippen molar-refractivity contribution in [3.8, 4) is 0 Å². The largest absolute Gasteiger partial charge is 0.273 e. The minimum absolute atomic E-state index is 1.01. The van der Waals surface area contributed by atoms with Gasteiger partial charge in [0.15, 0.2) is 0 Å². The van der Waals surface area contributed by atoms with E-state index >= 15 is 0 Å². The topological polar surface area (TPSA) is 0 Å². The minimum atomic E-state index is 1.01. The fourth-order valence-electron chi connectivity index (χ4n) is 0.680. The van der Waals surface area contributed by atoms with E-state index in [0.29, 0.717) is 0 Å². The zero-order valence-corrected chi connectivity index (χ0v) is 10.4. The molecular formula is C10H10BrPt-2. The van der Waals surface area contributed by atoms with Gasteiger partial charge < -0.3 is 0 Å². The summed E-state index contributed by atoms with van der Waals surface area (Å²) in [4.78, 5) is 0. The summed E-state index contributed by atoms with van der Waals surface area (Å²) in [6.07, 6.45) is 20.0. The maximum atomic E-state index is 2.99. The fourth-order valence-corrected chi connectivity index (χ4v) is 0.680. The second-order valence-corrected chi connectivity index (χ2v) is 2.01. The third-order valence-corrected chi connectivity index (χ3v) is 1.17. The first-order valence-electron chi connectivity index (χ1n) is 3.55. The summed E-state index contributed by atoms with van der Waals surface area (Å²) in [5.41, 5.74) is 0. The molecule has 0 aromatic carbocycles. The summed E-state index contributed by atoms with van der Waals surface area (Å²) in [5.74, 6) is 0. The number of halogens is 1. The van der Waals surface area contributed by atoms with Crippen molar-refractivity contribution in [2.75, 3.05) is 0 Å². The quantitative estimate of drug-likeness (QED) is 0.542. The van der Waals surface area contributed by atoms with Crippen LogP contribution < -0.4 is 0 Å². The molecule has 0 atom stereocenters. The molecular weight excluding hydrogens is 395 g/mol. The van der Waals surface area contributed by atoms with Crippen LogP contribution in [-0.2, 0) is 17.8 Å². The van der Waals surface area contributed by atoms with Gasteiger partial charge in [-0.05, 0) is 0 Å². The molecule has 0 saturated carbocycles. The average Bonchev–Trinajstić information content (AvgIpc) is 2.87. The van der Waals surface area contributed by atoms with E-state index in [0.717, 1.165) is 12.8 Å². The van der Waals surface area contributed by atoms with Gasteiger partial charge in [-0.25, -0.2) is 24.3 Å². The molecule has 0 radical (unpaired) electrons. The van der Waals surface area contributed by atoms with Crippen molar-refractivity contribution >= 4 is 13.3 Å². The zero-order valence-electron chi connectivity index (χ0n) is 6.57. The second-order valence-electron chi connectivity index (χ2n) is 2.01. The Morgan fingerprint density at radius 1 is 0.917 bits per heavy atom. The molecule has 0 heterocycles. The third kappa shape index (κ3) is 8.23. The van der Waals surface area contributed by atoms with E-state index in [1.165, 1.54) is 0 Å². The summed E-state index contributed by atoms with van der Waals surface area (Å²) < 4.78 is 0. The van der Waals surface area contributed by atoms with Gasteiger partial charge in [-0.15, -0.1) is 12.8 Å². The molecule has 0 amide bonds. The van der Waals surface area contributed by atoms with Gasteiger partial charge in [0.1, 0.15) is 0 Å². The molecule has 0 aliphatic heterocycles. The molecule has 2 aliphatic rings. The van der Waals surface area contributed by atoms with E-state index in [1.807, 2.05) is 42.1 Å². The molecule has 2 heteroatoms. The fraction of sp³-hybridized carbons (Fsp3) is 0.200. The average molecular weight is 405 g/mol. The van der Waals surface area contributed by atoms with Crippen molar-refractivity contribution in [3.63, 3.8) is 0 Å². The van der Waals surface area contributed by atoms with Crippen LogP contribution in [0.2, 0.25) is 0 Å². The van der Waals surface area contributed by atoms with Crippen LogP contribution in [0.5, 0.6) is 0 Å². The van der Waals surface area contributed by atoms with Crippen molar-refractivity contribution in [2.45, 2.75) is 12.8 Å². The van der Waals surface area contributed by atoms with Gasteiger partial charge in [0.25, 0.3) is 0 Å². The molecule has 0 saturated heterocycles. The van der Waals surface area contributed by atoms with Crippen LogP contribution in [-0.4, -0.2) is 0 Å². The summed E-state index contributed by atoms with van der Waals surface area (Å²) >= 11 is 4.86. The van der Waals surface area contributed by atoms with E-state index in [2.05, 4.69) is 37.6 Å². The van der Waals surface area contributed by atoms with Crippen molar-refractivity contribution < 1.29 is 17.8 Å². The van der Waals surface area contributed by atoms with Crippen molar-refractivity contribution in [2.24, 2.45) is 0 Å². The summed E-state index contributed by atoms with van der Waals surface area (Å²) in [6, 6.07) is 0. The predicted octanol–water partition coefficient (Wildman–Crippen LogP) is 3.45. The van der Waals surface area contributed by atoms with Crippen LogP contribution in [0.4, 0.5) is 0 Å². The van der Waals surface area contributed by atoms with Gasteiger partial charge in [0.2, 0.25) is 0 Å². The summed E-state index contributed by atoms with van der Waals surface area (Å²) in [7, 11) is 0. The van der Waals surface area contributed by atoms with Crippen molar-refractivity contribution in [1.29, 1.82) is 0 Å². The SMILES string of the molecule is [Br][Pt].[C-]1=CC=CC1.[C-]1=CC=CC1. The Labute approximate surface area is 92.2 Å². The number of hydrogen-bond donors (Lipinski definition) is 0. The Hall–Kier alpha value is 0.128. The van der Waals surface area contributed by atoms with Crippen LogP contribution in [0.25, 0.3) is 0 Å². The molecule has 0 aromatic rings. The van der Waals surface area contributed by atoms with Crippen LogP contribution in [0.15, 0.2) is 36.5 Å². The van der Waals surface area contributed by atoms with E-state index in [1.54, 1.807) is 0 Å². The molecule has 0 unspecified atom stereocenters. The predicted molar refractivity (Wildman–Crippen MR) is 52.1 cm³/mol. The maximum Gasteiger partial charge on any atom is -0.109 e. The standard InChI is InChI=1S/2C5H5.BrH.Pt/c2*1-2-4-5-3-1;;/h2*1-3H,4H2;1H;/q2*-1;;+1/p-1. The molecule has 12 heavy (non-hydrogen) atoms. The van der Waals surface area contributed by atoms with Gasteiger partial charge >= 0.3 is 31.1 Å². The first kappa shape index (κ1) is 12.1. The second kappa shape index (κ2) is 11.1. The van der Waals surface area contributed by atoms with Gasteiger partial charge in [-0.1, -0.05) is 0 Å².